The van der Waals surface area contributed by atoms with Crippen LogP contribution in [0.1, 0.15) is 32.3 Å². The maximum Gasteiger partial charge on any atom is 0.126 e. The van der Waals surface area contributed by atoms with E-state index >= 15 is 0 Å². The predicted octanol–water partition coefficient (Wildman–Crippen LogP) is 3.89. The molecule has 1 aromatic carbocycles. The largest absolute Gasteiger partial charge is 0.328 e. The summed E-state index contributed by atoms with van der Waals surface area (Å²) in [6, 6.07) is 5.20. The van der Waals surface area contributed by atoms with Crippen LogP contribution in [0.5, 0.6) is 0 Å². The Morgan fingerprint density at radius 3 is 2.69 bits per heavy atom. The zero-order chi connectivity index (χ0) is 12.1. The lowest BCUT2D eigenvalue weighted by Crippen LogP contribution is -2.22. The number of nitrogens with two attached hydrogens (primary N) is 1. The average Bonchev–Trinajstić information content (AvgIpc) is 2.18. The van der Waals surface area contributed by atoms with Crippen LogP contribution in [0.25, 0.3) is 0 Å². The number of hydrogen-bond donors (Lipinski definition) is 1. The third-order valence-corrected chi connectivity index (χ3v) is 3.06. The highest BCUT2D eigenvalue weighted by molar-refractivity contribution is 9.10. The monoisotopic (exact) mass is 287 g/mol. The van der Waals surface area contributed by atoms with E-state index in [9.17, 15) is 4.39 Å². The van der Waals surface area contributed by atoms with Gasteiger partial charge in [-0.3, -0.25) is 0 Å². The molecule has 1 nitrogen and oxygen atoms in total. The summed E-state index contributed by atoms with van der Waals surface area (Å²) in [4.78, 5) is 0. The Bertz CT molecular complexity index is 339. The van der Waals surface area contributed by atoms with Gasteiger partial charge in [-0.15, -0.1) is 0 Å². The molecular formula is C13H19BrFN. The normalized spacial score (nSPS) is 13.1. The second-order valence-corrected chi connectivity index (χ2v) is 5.58. The molecule has 2 N–H and O–H groups in total. The van der Waals surface area contributed by atoms with Gasteiger partial charge in [0.15, 0.2) is 0 Å². The smallest absolute Gasteiger partial charge is 0.126 e. The lowest BCUT2D eigenvalue weighted by molar-refractivity contribution is 0.469. The van der Waals surface area contributed by atoms with Crippen molar-refractivity contribution >= 4 is 15.9 Å². The van der Waals surface area contributed by atoms with Gasteiger partial charge in [-0.1, -0.05) is 29.8 Å². The third-order valence-electron chi connectivity index (χ3n) is 2.57. The molecule has 0 aliphatic carbocycles. The van der Waals surface area contributed by atoms with Crippen LogP contribution in [-0.2, 0) is 6.42 Å². The second kappa shape index (κ2) is 6.36. The van der Waals surface area contributed by atoms with E-state index < -0.39 is 0 Å². The molecule has 1 unspecified atom stereocenters. The average molecular weight is 288 g/mol. The minimum Gasteiger partial charge on any atom is -0.328 e. The van der Waals surface area contributed by atoms with Crippen molar-refractivity contribution in [3.8, 4) is 0 Å². The summed E-state index contributed by atoms with van der Waals surface area (Å²) in [7, 11) is 0. The van der Waals surface area contributed by atoms with Crippen LogP contribution in [0.4, 0.5) is 4.39 Å². The van der Waals surface area contributed by atoms with Crippen LogP contribution in [0.2, 0.25) is 0 Å². The van der Waals surface area contributed by atoms with Crippen molar-refractivity contribution < 1.29 is 4.39 Å². The van der Waals surface area contributed by atoms with Gasteiger partial charge in [0.25, 0.3) is 0 Å². The maximum atomic E-state index is 13.4. The van der Waals surface area contributed by atoms with E-state index in [-0.39, 0.29) is 11.9 Å². The molecule has 90 valence electrons. The van der Waals surface area contributed by atoms with E-state index in [4.69, 9.17) is 5.73 Å². The molecule has 0 bridgehead atoms. The van der Waals surface area contributed by atoms with Crippen molar-refractivity contribution in [2.45, 2.75) is 39.2 Å². The standard InChI is InChI=1S/C13H19BrFN/c1-9(2)7-12(16)5-3-10-8-11(14)4-6-13(10)15/h4,6,8-9,12H,3,5,7,16H2,1-2H3. The Morgan fingerprint density at radius 1 is 1.38 bits per heavy atom. The van der Waals surface area contributed by atoms with Crippen LogP contribution in [-0.4, -0.2) is 6.04 Å². The Morgan fingerprint density at radius 2 is 2.06 bits per heavy atom. The molecule has 0 aromatic heterocycles. The SMILES string of the molecule is CC(C)CC(N)CCc1cc(Br)ccc1F. The fourth-order valence-corrected chi connectivity index (χ4v) is 2.21. The first-order valence-electron chi connectivity index (χ1n) is 5.68. The Labute approximate surface area is 105 Å². The van der Waals surface area contributed by atoms with Crippen molar-refractivity contribution in [2.75, 3.05) is 0 Å². The van der Waals surface area contributed by atoms with E-state index in [1.807, 2.05) is 6.07 Å². The fraction of sp³-hybridized carbons (Fsp3) is 0.538. The van der Waals surface area contributed by atoms with Crippen LogP contribution in [0.15, 0.2) is 22.7 Å². The second-order valence-electron chi connectivity index (χ2n) is 4.66. The molecule has 1 aromatic rings. The van der Waals surface area contributed by atoms with E-state index in [1.165, 1.54) is 6.07 Å². The number of rotatable bonds is 5. The number of halogens is 2. The Balaban J connectivity index is 2.51. The summed E-state index contributed by atoms with van der Waals surface area (Å²) in [5, 5.41) is 0. The highest BCUT2D eigenvalue weighted by atomic mass is 79.9. The Kier molecular flexibility index (Phi) is 5.42. The zero-order valence-electron chi connectivity index (χ0n) is 9.84. The minimum atomic E-state index is -0.139. The van der Waals surface area contributed by atoms with E-state index in [1.54, 1.807) is 6.07 Å². The van der Waals surface area contributed by atoms with Gasteiger partial charge in [0.2, 0.25) is 0 Å². The van der Waals surface area contributed by atoms with Gasteiger partial charge in [-0.2, -0.15) is 0 Å². The molecule has 0 aliphatic heterocycles. The van der Waals surface area contributed by atoms with E-state index in [0.29, 0.717) is 12.3 Å². The Hall–Kier alpha value is -0.410. The molecule has 1 rings (SSSR count). The molecular weight excluding hydrogens is 269 g/mol. The number of aryl methyl sites for hydroxylation is 1. The first-order chi connectivity index (χ1) is 7.49. The van der Waals surface area contributed by atoms with Crippen molar-refractivity contribution in [1.82, 2.24) is 0 Å². The molecule has 1 atom stereocenters. The highest BCUT2D eigenvalue weighted by Crippen LogP contribution is 2.18. The van der Waals surface area contributed by atoms with Crippen molar-refractivity contribution in [2.24, 2.45) is 11.7 Å². The predicted molar refractivity (Wildman–Crippen MR) is 69.9 cm³/mol. The van der Waals surface area contributed by atoms with Gasteiger partial charge < -0.3 is 5.73 Å². The van der Waals surface area contributed by atoms with Crippen LogP contribution in [0, 0.1) is 11.7 Å². The third kappa shape index (κ3) is 4.62. The van der Waals surface area contributed by atoms with Crippen molar-refractivity contribution in [1.29, 1.82) is 0 Å². The van der Waals surface area contributed by atoms with Crippen LogP contribution >= 0.6 is 15.9 Å². The number of hydrogen-bond acceptors (Lipinski definition) is 1. The molecule has 0 aliphatic rings. The molecule has 0 radical (unpaired) electrons. The van der Waals surface area contributed by atoms with E-state index in [0.717, 1.165) is 22.9 Å². The summed E-state index contributed by atoms with van der Waals surface area (Å²) < 4.78 is 14.3. The summed E-state index contributed by atoms with van der Waals surface area (Å²) in [5.41, 5.74) is 6.72. The van der Waals surface area contributed by atoms with Gasteiger partial charge in [0.05, 0.1) is 0 Å². The van der Waals surface area contributed by atoms with Gasteiger partial charge >= 0.3 is 0 Å². The number of benzene rings is 1. The van der Waals surface area contributed by atoms with Crippen LogP contribution < -0.4 is 5.73 Å². The molecule has 0 fully saturated rings. The summed E-state index contributed by atoms with van der Waals surface area (Å²) in [5.74, 6) is 0.460. The van der Waals surface area contributed by atoms with Gasteiger partial charge in [-0.25, -0.2) is 4.39 Å². The summed E-state index contributed by atoms with van der Waals surface area (Å²) >= 11 is 3.35. The zero-order valence-corrected chi connectivity index (χ0v) is 11.4. The van der Waals surface area contributed by atoms with Gasteiger partial charge in [0.1, 0.15) is 5.82 Å². The molecule has 0 spiro atoms. The van der Waals surface area contributed by atoms with E-state index in [2.05, 4.69) is 29.8 Å². The van der Waals surface area contributed by atoms with Crippen LogP contribution in [0.3, 0.4) is 0 Å². The topological polar surface area (TPSA) is 26.0 Å². The first-order valence-corrected chi connectivity index (χ1v) is 6.48. The summed E-state index contributed by atoms with van der Waals surface area (Å²) in [6.07, 6.45) is 2.54. The minimum absolute atomic E-state index is 0.139. The molecule has 0 amide bonds. The molecule has 0 saturated heterocycles. The maximum absolute atomic E-state index is 13.4. The lowest BCUT2D eigenvalue weighted by Gasteiger charge is -2.14. The van der Waals surface area contributed by atoms with Crippen molar-refractivity contribution in [3.05, 3.63) is 34.1 Å². The van der Waals surface area contributed by atoms with Gasteiger partial charge in [-0.05, 0) is 48.9 Å². The molecule has 0 saturated carbocycles. The quantitative estimate of drug-likeness (QED) is 0.874. The fourth-order valence-electron chi connectivity index (χ4n) is 1.80. The summed E-state index contributed by atoms with van der Waals surface area (Å²) in [6.45, 7) is 4.30. The molecule has 16 heavy (non-hydrogen) atoms. The first kappa shape index (κ1) is 13.7. The lowest BCUT2D eigenvalue weighted by atomic mass is 9.98. The van der Waals surface area contributed by atoms with Crippen molar-refractivity contribution in [3.63, 3.8) is 0 Å². The highest BCUT2D eigenvalue weighted by Gasteiger charge is 2.08. The molecule has 3 heteroatoms. The van der Waals surface area contributed by atoms with Gasteiger partial charge in [0, 0.05) is 10.5 Å². The molecule has 0 heterocycles.